The van der Waals surface area contributed by atoms with Gasteiger partial charge in [0, 0.05) is 29.2 Å². The lowest BCUT2D eigenvalue weighted by molar-refractivity contribution is -0.122. The molecule has 1 unspecified atom stereocenters. The number of benzene rings is 1. The number of amides is 1. The Balaban J connectivity index is 0.00000576. The van der Waals surface area contributed by atoms with Crippen molar-refractivity contribution in [3.8, 4) is 11.5 Å². The van der Waals surface area contributed by atoms with Gasteiger partial charge in [-0.25, -0.2) is 0 Å². The van der Waals surface area contributed by atoms with Crippen molar-refractivity contribution in [2.24, 2.45) is 11.7 Å². The molecule has 0 aliphatic heterocycles. The number of nitrogens with one attached hydrogen (secondary N) is 1. The van der Waals surface area contributed by atoms with Gasteiger partial charge in [0.25, 0.3) is 0 Å². The number of thioether (sulfide) groups is 1. The number of ether oxygens (including phenoxy) is 2. The van der Waals surface area contributed by atoms with E-state index >= 15 is 0 Å². The normalized spacial score (nSPS) is 12.9. The number of carbonyl (C=O) groups is 1. The Labute approximate surface area is 161 Å². The van der Waals surface area contributed by atoms with Gasteiger partial charge in [0.15, 0.2) is 11.5 Å². The third-order valence-electron chi connectivity index (χ3n) is 3.70. The fraction of sp³-hybridized carbons (Fsp3) is 0.611. The highest BCUT2D eigenvalue weighted by atomic mass is 35.5. The Morgan fingerprint density at radius 1 is 1.28 bits per heavy atom. The van der Waals surface area contributed by atoms with E-state index in [1.165, 1.54) is 0 Å². The first-order chi connectivity index (χ1) is 11.3. The van der Waals surface area contributed by atoms with E-state index < -0.39 is 0 Å². The molecule has 25 heavy (non-hydrogen) atoms. The molecule has 0 radical (unpaired) electrons. The highest BCUT2D eigenvalue weighted by molar-refractivity contribution is 7.99. The minimum atomic E-state index is -0.334. The van der Waals surface area contributed by atoms with E-state index in [9.17, 15) is 4.79 Å². The van der Waals surface area contributed by atoms with Crippen LogP contribution in [0.15, 0.2) is 23.1 Å². The number of hydrogen-bond donors (Lipinski definition) is 2. The molecule has 0 aromatic heterocycles. The molecule has 1 atom stereocenters. The van der Waals surface area contributed by atoms with Crippen LogP contribution in [0.3, 0.4) is 0 Å². The molecule has 0 bridgehead atoms. The summed E-state index contributed by atoms with van der Waals surface area (Å²) in [6, 6.07) is 5.76. The summed E-state index contributed by atoms with van der Waals surface area (Å²) >= 11 is 1.62. The molecule has 1 aromatic rings. The number of carbonyl (C=O) groups excluding carboxylic acids is 1. The van der Waals surface area contributed by atoms with E-state index in [2.05, 4.69) is 19.2 Å². The average molecular weight is 391 g/mol. The maximum Gasteiger partial charge on any atom is 0.221 e. The lowest BCUT2D eigenvalue weighted by Crippen LogP contribution is -2.52. The van der Waals surface area contributed by atoms with Gasteiger partial charge in [-0.3, -0.25) is 4.79 Å². The Morgan fingerprint density at radius 2 is 1.92 bits per heavy atom. The minimum absolute atomic E-state index is 0. The second-order valence-corrected chi connectivity index (χ2v) is 7.69. The van der Waals surface area contributed by atoms with Crippen molar-refractivity contribution < 1.29 is 14.3 Å². The van der Waals surface area contributed by atoms with Gasteiger partial charge in [0.2, 0.25) is 5.91 Å². The van der Waals surface area contributed by atoms with Crippen molar-refractivity contribution in [3.05, 3.63) is 18.2 Å². The predicted molar refractivity (Wildman–Crippen MR) is 107 cm³/mol. The lowest BCUT2D eigenvalue weighted by Gasteiger charge is -2.31. The maximum atomic E-state index is 12.2. The van der Waals surface area contributed by atoms with Crippen LogP contribution >= 0.6 is 24.2 Å². The molecular formula is C18H31ClN2O3S. The number of methoxy groups -OCH3 is 2. The zero-order valence-electron chi connectivity index (χ0n) is 15.8. The smallest absolute Gasteiger partial charge is 0.221 e. The van der Waals surface area contributed by atoms with E-state index in [0.717, 1.165) is 11.3 Å². The predicted octanol–water partition coefficient (Wildman–Crippen LogP) is 3.49. The molecule has 0 saturated carbocycles. The first kappa shape index (κ1) is 23.9. The van der Waals surface area contributed by atoms with Crippen molar-refractivity contribution in [1.82, 2.24) is 5.32 Å². The molecule has 0 saturated heterocycles. The van der Waals surface area contributed by atoms with E-state index in [-0.39, 0.29) is 23.9 Å². The van der Waals surface area contributed by atoms with Crippen LogP contribution in [0.4, 0.5) is 0 Å². The summed E-state index contributed by atoms with van der Waals surface area (Å²) in [5.41, 5.74) is 5.50. The molecule has 0 fully saturated rings. The summed E-state index contributed by atoms with van der Waals surface area (Å²) < 4.78 is 10.5. The first-order valence-electron chi connectivity index (χ1n) is 8.19. The largest absolute Gasteiger partial charge is 0.493 e. The lowest BCUT2D eigenvalue weighted by atomic mass is 9.90. The third kappa shape index (κ3) is 8.21. The molecule has 0 aliphatic carbocycles. The summed E-state index contributed by atoms with van der Waals surface area (Å²) in [6.45, 7) is 6.71. The fourth-order valence-corrected chi connectivity index (χ4v) is 3.53. The molecule has 0 heterocycles. The van der Waals surface area contributed by atoms with Gasteiger partial charge in [0.05, 0.1) is 14.2 Å². The van der Waals surface area contributed by atoms with Crippen LogP contribution in [-0.4, -0.2) is 38.0 Å². The molecular weight excluding hydrogens is 360 g/mol. The highest BCUT2D eigenvalue weighted by Gasteiger charge is 2.25. The summed E-state index contributed by atoms with van der Waals surface area (Å²) in [5, 5.41) is 3.08. The summed E-state index contributed by atoms with van der Waals surface area (Å²) in [6.07, 6.45) is 1.32. The Kier molecular flexibility index (Phi) is 11.0. The second kappa shape index (κ2) is 11.5. The zero-order valence-corrected chi connectivity index (χ0v) is 17.4. The van der Waals surface area contributed by atoms with E-state index in [1.54, 1.807) is 26.0 Å². The standard InChI is InChI=1S/C18H30N2O3S.ClH/c1-13(2)11-18(3,12-19)20-17(21)8-9-24-14-6-7-15(22-4)16(10-14)23-5;/h6-7,10,13H,8-9,11-12,19H2,1-5H3,(H,20,21);1H. The van der Waals surface area contributed by atoms with Crippen LogP contribution in [0.25, 0.3) is 0 Å². The SMILES string of the molecule is COc1ccc(SCCC(=O)NC(C)(CN)CC(C)C)cc1OC.Cl. The van der Waals surface area contributed by atoms with E-state index in [4.69, 9.17) is 15.2 Å². The van der Waals surface area contributed by atoms with Crippen LogP contribution in [0.5, 0.6) is 11.5 Å². The van der Waals surface area contributed by atoms with Gasteiger partial charge in [-0.1, -0.05) is 13.8 Å². The molecule has 1 aromatic carbocycles. The third-order valence-corrected chi connectivity index (χ3v) is 4.70. The fourth-order valence-electron chi connectivity index (χ4n) is 2.65. The van der Waals surface area contributed by atoms with Crippen molar-refractivity contribution in [3.63, 3.8) is 0 Å². The number of hydrogen-bond acceptors (Lipinski definition) is 5. The van der Waals surface area contributed by atoms with Crippen LogP contribution in [0.2, 0.25) is 0 Å². The zero-order chi connectivity index (χ0) is 18.2. The average Bonchev–Trinajstić information content (AvgIpc) is 2.53. The summed E-state index contributed by atoms with van der Waals surface area (Å²) in [7, 11) is 3.22. The quantitative estimate of drug-likeness (QED) is 0.598. The second-order valence-electron chi connectivity index (χ2n) is 6.53. The highest BCUT2D eigenvalue weighted by Crippen LogP contribution is 2.32. The van der Waals surface area contributed by atoms with Crippen LogP contribution in [0.1, 0.15) is 33.6 Å². The van der Waals surface area contributed by atoms with E-state index in [0.29, 0.717) is 36.1 Å². The molecule has 7 heteroatoms. The number of nitrogens with two attached hydrogens (primary N) is 1. The topological polar surface area (TPSA) is 73.6 Å². The van der Waals surface area contributed by atoms with Crippen molar-refractivity contribution >= 4 is 30.1 Å². The van der Waals surface area contributed by atoms with Gasteiger partial charge in [-0.2, -0.15) is 0 Å². The monoisotopic (exact) mass is 390 g/mol. The van der Waals surface area contributed by atoms with Gasteiger partial charge in [0.1, 0.15) is 0 Å². The molecule has 3 N–H and O–H groups in total. The van der Waals surface area contributed by atoms with Crippen molar-refractivity contribution in [2.75, 3.05) is 26.5 Å². The Bertz CT molecular complexity index is 543. The Hall–Kier alpha value is -1.11. The molecule has 1 rings (SSSR count). The van der Waals surface area contributed by atoms with Crippen molar-refractivity contribution in [2.45, 2.75) is 44.0 Å². The summed E-state index contributed by atoms with van der Waals surface area (Å²) in [5.74, 6) is 2.62. The van der Waals surface area contributed by atoms with Crippen molar-refractivity contribution in [1.29, 1.82) is 0 Å². The van der Waals surface area contributed by atoms with E-state index in [1.807, 2.05) is 25.1 Å². The first-order valence-corrected chi connectivity index (χ1v) is 9.18. The van der Waals surface area contributed by atoms with Gasteiger partial charge in [-0.05, 0) is 37.5 Å². The van der Waals surface area contributed by atoms with Gasteiger partial charge >= 0.3 is 0 Å². The van der Waals surface area contributed by atoms with Crippen LogP contribution in [-0.2, 0) is 4.79 Å². The van der Waals surface area contributed by atoms with Crippen LogP contribution < -0.4 is 20.5 Å². The van der Waals surface area contributed by atoms with Gasteiger partial charge in [-0.15, -0.1) is 24.2 Å². The Morgan fingerprint density at radius 3 is 2.44 bits per heavy atom. The van der Waals surface area contributed by atoms with Gasteiger partial charge < -0.3 is 20.5 Å². The number of rotatable bonds is 10. The number of halogens is 1. The maximum absolute atomic E-state index is 12.2. The molecule has 144 valence electrons. The molecule has 1 amide bonds. The summed E-state index contributed by atoms with van der Waals surface area (Å²) in [4.78, 5) is 13.2. The molecule has 0 aliphatic rings. The van der Waals surface area contributed by atoms with Crippen LogP contribution in [0, 0.1) is 5.92 Å². The molecule has 0 spiro atoms. The molecule has 5 nitrogen and oxygen atoms in total. The minimum Gasteiger partial charge on any atom is -0.493 e.